The highest BCUT2D eigenvalue weighted by atomic mass is 32.2. The summed E-state index contributed by atoms with van der Waals surface area (Å²) in [7, 11) is 0. The molecule has 0 radical (unpaired) electrons. The number of hydrogen-bond donors (Lipinski definition) is 1. The van der Waals surface area contributed by atoms with Crippen LogP contribution in [0, 0.1) is 11.3 Å². The predicted molar refractivity (Wildman–Crippen MR) is 106 cm³/mol. The Morgan fingerprint density at radius 3 is 2.67 bits per heavy atom. The van der Waals surface area contributed by atoms with Gasteiger partial charge in [-0.05, 0) is 24.0 Å². The lowest BCUT2D eigenvalue weighted by atomic mass is 9.87. The average molecular weight is 404 g/mol. The molecule has 0 aromatic heterocycles. The van der Waals surface area contributed by atoms with Gasteiger partial charge in [0.05, 0.1) is 35.6 Å². The van der Waals surface area contributed by atoms with Gasteiger partial charge in [0.25, 0.3) is 0 Å². The highest BCUT2D eigenvalue weighted by molar-refractivity contribution is 8.03. The van der Waals surface area contributed by atoms with Crippen molar-refractivity contribution in [3.8, 4) is 6.07 Å². The molecule has 1 N–H and O–H groups in total. The van der Waals surface area contributed by atoms with E-state index in [4.69, 9.17) is 4.74 Å². The predicted octanol–water partition coefficient (Wildman–Crippen LogP) is 2.34. The monoisotopic (exact) mass is 403 g/mol. The second-order valence-electron chi connectivity index (χ2n) is 6.21. The molecule has 0 aliphatic carbocycles. The van der Waals surface area contributed by atoms with Crippen LogP contribution in [0.25, 0.3) is 0 Å². The van der Waals surface area contributed by atoms with Gasteiger partial charge in [0, 0.05) is 30.3 Å². The Balaban J connectivity index is 1.76. The molecular formula is C19H21N3O3S2. The molecule has 27 heavy (non-hydrogen) atoms. The summed E-state index contributed by atoms with van der Waals surface area (Å²) in [4.78, 5) is 27.5. The summed E-state index contributed by atoms with van der Waals surface area (Å²) >= 11 is 2.88. The molecule has 1 saturated heterocycles. The van der Waals surface area contributed by atoms with Crippen LogP contribution < -0.4 is 5.32 Å². The lowest BCUT2D eigenvalue weighted by Crippen LogP contribution is -2.42. The fourth-order valence-electron chi connectivity index (χ4n) is 3.09. The molecule has 8 heteroatoms. The second-order valence-corrected chi connectivity index (χ2v) is 8.08. The van der Waals surface area contributed by atoms with E-state index in [9.17, 15) is 14.9 Å². The number of allylic oxidation sites excluding steroid dienone is 1. The van der Waals surface area contributed by atoms with Gasteiger partial charge in [-0.1, -0.05) is 23.9 Å². The molecule has 2 amide bonds. The van der Waals surface area contributed by atoms with Gasteiger partial charge in [-0.2, -0.15) is 5.26 Å². The summed E-state index contributed by atoms with van der Waals surface area (Å²) < 4.78 is 5.26. The molecule has 2 aliphatic heterocycles. The molecular weight excluding hydrogens is 382 g/mol. The number of carbonyl (C=O) groups is 2. The zero-order valence-corrected chi connectivity index (χ0v) is 16.7. The van der Waals surface area contributed by atoms with Gasteiger partial charge < -0.3 is 15.0 Å². The maximum atomic E-state index is 12.4. The first-order valence-corrected chi connectivity index (χ1v) is 10.9. The highest BCUT2D eigenvalue weighted by Crippen LogP contribution is 2.36. The smallest absolute Gasteiger partial charge is 0.233 e. The van der Waals surface area contributed by atoms with Crippen molar-refractivity contribution in [2.75, 3.05) is 38.3 Å². The van der Waals surface area contributed by atoms with E-state index in [1.54, 1.807) is 16.7 Å². The van der Waals surface area contributed by atoms with Gasteiger partial charge >= 0.3 is 0 Å². The van der Waals surface area contributed by atoms with E-state index in [0.717, 1.165) is 10.5 Å². The zero-order chi connectivity index (χ0) is 19.2. The minimum absolute atomic E-state index is 0.00575. The van der Waals surface area contributed by atoms with Crippen molar-refractivity contribution >= 4 is 35.3 Å². The number of ether oxygens (including phenoxy) is 1. The first kappa shape index (κ1) is 19.8. The van der Waals surface area contributed by atoms with E-state index in [0.29, 0.717) is 36.9 Å². The van der Waals surface area contributed by atoms with Gasteiger partial charge in [-0.25, -0.2) is 0 Å². The molecule has 3 rings (SSSR count). The van der Waals surface area contributed by atoms with Crippen molar-refractivity contribution in [1.82, 2.24) is 10.2 Å². The summed E-state index contributed by atoms with van der Waals surface area (Å²) in [5.41, 5.74) is 1.46. The van der Waals surface area contributed by atoms with E-state index in [1.165, 1.54) is 11.8 Å². The summed E-state index contributed by atoms with van der Waals surface area (Å²) in [5.74, 6) is -0.220. The van der Waals surface area contributed by atoms with Gasteiger partial charge in [-0.15, -0.1) is 11.8 Å². The third-order valence-corrected chi connectivity index (χ3v) is 6.32. The summed E-state index contributed by atoms with van der Waals surface area (Å²) in [6, 6.07) is 10.2. The number of hydrogen-bond acceptors (Lipinski definition) is 6. The molecule has 6 nitrogen and oxygen atoms in total. The second kappa shape index (κ2) is 9.31. The first-order chi connectivity index (χ1) is 13.1. The summed E-state index contributed by atoms with van der Waals surface area (Å²) in [6.07, 6.45) is 2.24. The van der Waals surface area contributed by atoms with Crippen molar-refractivity contribution in [3.63, 3.8) is 0 Å². The van der Waals surface area contributed by atoms with Crippen LogP contribution >= 0.6 is 23.5 Å². The number of nitrogens with zero attached hydrogens (tertiary/aromatic N) is 2. The van der Waals surface area contributed by atoms with Crippen LogP contribution in [-0.4, -0.2) is 55.0 Å². The molecule has 0 spiro atoms. The van der Waals surface area contributed by atoms with Gasteiger partial charge in [-0.3, -0.25) is 9.59 Å². The van der Waals surface area contributed by atoms with E-state index < -0.39 is 0 Å². The lowest BCUT2D eigenvalue weighted by molar-refractivity contribution is -0.132. The Bertz CT molecular complexity index is 780. The van der Waals surface area contributed by atoms with Crippen LogP contribution in [0.15, 0.2) is 39.8 Å². The number of thioether (sulfide) groups is 2. The third kappa shape index (κ3) is 4.86. The Morgan fingerprint density at radius 2 is 2.04 bits per heavy atom. The van der Waals surface area contributed by atoms with Crippen LogP contribution in [0.5, 0.6) is 0 Å². The molecule has 0 bridgehead atoms. The van der Waals surface area contributed by atoms with Gasteiger partial charge in [0.2, 0.25) is 11.8 Å². The zero-order valence-electron chi connectivity index (χ0n) is 15.1. The summed E-state index contributed by atoms with van der Waals surface area (Å²) in [5, 5.41) is 13.0. The number of benzene rings is 1. The lowest BCUT2D eigenvalue weighted by Gasteiger charge is -2.28. The fraction of sp³-hybridized carbons (Fsp3) is 0.421. The third-order valence-electron chi connectivity index (χ3n) is 4.58. The van der Waals surface area contributed by atoms with Crippen molar-refractivity contribution in [2.24, 2.45) is 0 Å². The Morgan fingerprint density at radius 1 is 1.33 bits per heavy atom. The number of nitriles is 1. The van der Waals surface area contributed by atoms with Crippen molar-refractivity contribution < 1.29 is 14.3 Å². The van der Waals surface area contributed by atoms with E-state index in [-0.39, 0.29) is 29.9 Å². The number of amides is 2. The fourth-order valence-corrected chi connectivity index (χ4v) is 4.48. The summed E-state index contributed by atoms with van der Waals surface area (Å²) in [6.45, 7) is 2.27. The molecule has 142 valence electrons. The quantitative estimate of drug-likeness (QED) is 0.760. The van der Waals surface area contributed by atoms with Crippen LogP contribution in [0.4, 0.5) is 0 Å². The normalized spacial score (nSPS) is 20.2. The van der Waals surface area contributed by atoms with Gasteiger partial charge in [0.15, 0.2) is 0 Å². The Hall–Kier alpha value is -1.95. The van der Waals surface area contributed by atoms with E-state index >= 15 is 0 Å². The standard InChI is InChI=1S/C19H21N3O3S2/c1-26-14-4-2-13(3-5-14)15-10-17(23)21-19(16(15)11-20)27-12-18(24)22-6-8-25-9-7-22/h2-5,15H,6-10,12H2,1H3,(H,21,23)/t15-/m0/s1. The highest BCUT2D eigenvalue weighted by Gasteiger charge is 2.30. The number of rotatable bonds is 5. The minimum atomic E-state index is -0.277. The number of nitrogens with one attached hydrogen (secondary N) is 1. The average Bonchev–Trinajstić information content (AvgIpc) is 2.72. The van der Waals surface area contributed by atoms with Crippen LogP contribution in [0.3, 0.4) is 0 Å². The first-order valence-electron chi connectivity index (χ1n) is 8.68. The van der Waals surface area contributed by atoms with E-state index in [2.05, 4.69) is 11.4 Å². The maximum Gasteiger partial charge on any atom is 0.233 e. The molecule has 0 unspecified atom stereocenters. The molecule has 0 saturated carbocycles. The van der Waals surface area contributed by atoms with Crippen molar-refractivity contribution in [1.29, 1.82) is 5.26 Å². The Kier molecular flexibility index (Phi) is 6.83. The molecule has 1 atom stereocenters. The SMILES string of the molecule is CSc1ccc([C@@H]2CC(=O)NC(SCC(=O)N3CCOCC3)=C2C#N)cc1. The maximum absolute atomic E-state index is 12.4. The molecule has 1 aromatic carbocycles. The van der Waals surface area contributed by atoms with E-state index in [1.807, 2.05) is 30.5 Å². The molecule has 1 fully saturated rings. The number of carbonyl (C=O) groups excluding carboxylic acids is 2. The topological polar surface area (TPSA) is 82.4 Å². The minimum Gasteiger partial charge on any atom is -0.378 e. The molecule has 2 heterocycles. The van der Waals surface area contributed by atoms with Gasteiger partial charge in [0.1, 0.15) is 0 Å². The largest absolute Gasteiger partial charge is 0.378 e. The molecule has 2 aliphatic rings. The van der Waals surface area contributed by atoms with Crippen molar-refractivity contribution in [2.45, 2.75) is 17.2 Å². The van der Waals surface area contributed by atoms with Crippen LogP contribution in [0.2, 0.25) is 0 Å². The Labute approximate surface area is 167 Å². The molecule has 1 aromatic rings. The van der Waals surface area contributed by atoms with Crippen molar-refractivity contribution in [3.05, 3.63) is 40.4 Å². The number of morpholine rings is 1. The van der Waals surface area contributed by atoms with Crippen LogP contribution in [0.1, 0.15) is 17.9 Å². The van der Waals surface area contributed by atoms with Crippen LogP contribution in [-0.2, 0) is 14.3 Å².